The zero-order chi connectivity index (χ0) is 25.9. The number of hydrogen-bond donors (Lipinski definition) is 3. The second-order valence-electron chi connectivity index (χ2n) is 11.2. The molecule has 7 atom stereocenters. The Morgan fingerprint density at radius 2 is 1.72 bits per heavy atom. The lowest BCUT2D eigenvalue weighted by Gasteiger charge is -2.56. The summed E-state index contributed by atoms with van der Waals surface area (Å²) in [7, 11) is 0. The lowest BCUT2D eigenvalue weighted by Crippen LogP contribution is -2.58. The predicted molar refractivity (Wildman–Crippen MR) is 138 cm³/mol. The van der Waals surface area contributed by atoms with Crippen LogP contribution in [0.15, 0.2) is 54.6 Å². The van der Waals surface area contributed by atoms with E-state index >= 15 is 0 Å². The Morgan fingerprint density at radius 1 is 1.06 bits per heavy atom. The number of halogens is 1. The lowest BCUT2D eigenvalue weighted by molar-refractivity contribution is -0.143. The van der Waals surface area contributed by atoms with Crippen LogP contribution in [-0.4, -0.2) is 29.1 Å². The molecule has 4 rings (SSSR count). The summed E-state index contributed by atoms with van der Waals surface area (Å²) in [5, 5.41) is 17.8. The molecular weight excluding hydrogens is 455 g/mol. The predicted octanol–water partition coefficient (Wildman–Crippen LogP) is 4.63. The van der Waals surface area contributed by atoms with E-state index in [1.54, 1.807) is 12.1 Å². The van der Waals surface area contributed by atoms with Crippen LogP contribution in [0.4, 0.5) is 4.39 Å². The van der Waals surface area contributed by atoms with Crippen molar-refractivity contribution < 1.29 is 19.1 Å². The third-order valence-corrected chi connectivity index (χ3v) is 8.88. The van der Waals surface area contributed by atoms with Gasteiger partial charge in [0.2, 0.25) is 11.8 Å². The van der Waals surface area contributed by atoms with E-state index in [4.69, 9.17) is 0 Å². The SMILES string of the molecule is C[C@H]1[C@@H]2[C@@H](O)[C@H]([C@H](C)C(=O)NCc3ccc(F)cc3)CC[C@@]2(C)CC[C@@H]1NC(=O)Cc1ccccc1. The molecule has 0 aromatic heterocycles. The van der Waals surface area contributed by atoms with Gasteiger partial charge in [0, 0.05) is 18.5 Å². The van der Waals surface area contributed by atoms with E-state index in [2.05, 4.69) is 24.5 Å². The van der Waals surface area contributed by atoms with Gasteiger partial charge in [-0.3, -0.25) is 9.59 Å². The molecule has 0 heterocycles. The highest BCUT2D eigenvalue weighted by Crippen LogP contribution is 2.55. The molecule has 3 N–H and O–H groups in total. The molecule has 0 saturated heterocycles. The van der Waals surface area contributed by atoms with Crippen molar-refractivity contribution in [3.63, 3.8) is 0 Å². The summed E-state index contributed by atoms with van der Waals surface area (Å²) < 4.78 is 13.2. The second kappa shape index (κ2) is 11.1. The van der Waals surface area contributed by atoms with Crippen LogP contribution in [0.3, 0.4) is 0 Å². The van der Waals surface area contributed by atoms with Crippen molar-refractivity contribution in [2.75, 3.05) is 0 Å². The average Bonchev–Trinajstić information content (AvgIpc) is 2.85. The summed E-state index contributed by atoms with van der Waals surface area (Å²) in [6, 6.07) is 15.8. The highest BCUT2D eigenvalue weighted by Gasteiger charge is 2.53. The fourth-order valence-electron chi connectivity index (χ4n) is 6.68. The van der Waals surface area contributed by atoms with E-state index in [0.29, 0.717) is 13.0 Å². The lowest BCUT2D eigenvalue weighted by atomic mass is 9.51. The topological polar surface area (TPSA) is 78.4 Å². The molecule has 2 saturated carbocycles. The molecule has 2 aliphatic rings. The maximum absolute atomic E-state index is 13.2. The van der Waals surface area contributed by atoms with Crippen molar-refractivity contribution in [2.24, 2.45) is 29.1 Å². The Hall–Kier alpha value is -2.73. The zero-order valence-electron chi connectivity index (χ0n) is 21.5. The van der Waals surface area contributed by atoms with Gasteiger partial charge in [0.25, 0.3) is 0 Å². The second-order valence-corrected chi connectivity index (χ2v) is 11.2. The molecule has 0 unspecified atom stereocenters. The van der Waals surface area contributed by atoms with E-state index in [-0.39, 0.29) is 52.8 Å². The van der Waals surface area contributed by atoms with Gasteiger partial charge in [0.1, 0.15) is 5.82 Å². The van der Waals surface area contributed by atoms with Crippen LogP contribution >= 0.6 is 0 Å². The van der Waals surface area contributed by atoms with Crippen LogP contribution in [0.1, 0.15) is 57.6 Å². The Balaban J connectivity index is 1.38. The summed E-state index contributed by atoms with van der Waals surface area (Å²) in [6.07, 6.45) is 3.36. The first-order valence-electron chi connectivity index (χ1n) is 13.2. The van der Waals surface area contributed by atoms with Gasteiger partial charge in [-0.05, 0) is 72.1 Å². The number of rotatable bonds is 7. The van der Waals surface area contributed by atoms with E-state index < -0.39 is 6.10 Å². The van der Waals surface area contributed by atoms with Gasteiger partial charge < -0.3 is 15.7 Å². The standard InChI is InChI=1S/C30H39FN2O3/c1-19(29(36)32-18-22-9-11-23(31)12-10-22)24-13-15-30(3)16-14-25(20(2)27(30)28(24)35)33-26(34)17-21-7-5-4-6-8-21/h4-12,19-20,24-25,27-28,35H,13-18H2,1-3H3,(H,32,36)(H,33,34)/t19-,20+,24-,25-,27+,28-,30-/m0/s1. The Morgan fingerprint density at radius 3 is 2.42 bits per heavy atom. The highest BCUT2D eigenvalue weighted by atomic mass is 19.1. The molecule has 2 aromatic rings. The van der Waals surface area contributed by atoms with E-state index in [0.717, 1.165) is 36.8 Å². The van der Waals surface area contributed by atoms with Crippen LogP contribution < -0.4 is 10.6 Å². The quantitative estimate of drug-likeness (QED) is 0.525. The largest absolute Gasteiger partial charge is 0.392 e. The fourth-order valence-corrected chi connectivity index (χ4v) is 6.68. The molecule has 0 bridgehead atoms. The van der Waals surface area contributed by atoms with E-state index in [1.807, 2.05) is 37.3 Å². The number of carbonyl (C=O) groups is 2. The van der Waals surface area contributed by atoms with Crippen molar-refractivity contribution in [3.05, 3.63) is 71.5 Å². The maximum Gasteiger partial charge on any atom is 0.224 e. The Labute approximate surface area is 213 Å². The summed E-state index contributed by atoms with van der Waals surface area (Å²) >= 11 is 0. The summed E-state index contributed by atoms with van der Waals surface area (Å²) in [6.45, 7) is 6.62. The van der Waals surface area contributed by atoms with Crippen molar-refractivity contribution in [3.8, 4) is 0 Å². The van der Waals surface area contributed by atoms with Crippen LogP contribution in [0.25, 0.3) is 0 Å². The maximum atomic E-state index is 13.2. The number of fused-ring (bicyclic) bond motifs is 1. The molecule has 2 aromatic carbocycles. The van der Waals surface area contributed by atoms with Gasteiger partial charge in [0.05, 0.1) is 12.5 Å². The van der Waals surface area contributed by atoms with Crippen LogP contribution in [-0.2, 0) is 22.6 Å². The molecule has 6 heteroatoms. The Kier molecular flexibility index (Phi) is 8.13. The first kappa shape index (κ1) is 26.3. The zero-order valence-corrected chi connectivity index (χ0v) is 21.5. The van der Waals surface area contributed by atoms with Gasteiger partial charge in [-0.15, -0.1) is 0 Å². The molecule has 2 aliphatic carbocycles. The molecular formula is C30H39FN2O3. The molecule has 194 valence electrons. The smallest absolute Gasteiger partial charge is 0.224 e. The number of benzene rings is 2. The summed E-state index contributed by atoms with van der Waals surface area (Å²) in [5.74, 6) is -0.749. The van der Waals surface area contributed by atoms with Gasteiger partial charge in [-0.25, -0.2) is 4.39 Å². The minimum atomic E-state index is -0.612. The number of aliphatic hydroxyl groups is 1. The average molecular weight is 495 g/mol. The number of amides is 2. The van der Waals surface area contributed by atoms with Crippen LogP contribution in [0.2, 0.25) is 0 Å². The molecule has 0 aliphatic heterocycles. The normalized spacial score (nSPS) is 30.6. The van der Waals surface area contributed by atoms with Crippen molar-refractivity contribution in [2.45, 2.75) is 71.6 Å². The van der Waals surface area contributed by atoms with E-state index in [9.17, 15) is 19.1 Å². The molecule has 2 fully saturated rings. The van der Waals surface area contributed by atoms with Crippen molar-refractivity contribution in [1.29, 1.82) is 0 Å². The molecule has 0 radical (unpaired) electrons. The van der Waals surface area contributed by atoms with Gasteiger partial charge in [-0.2, -0.15) is 0 Å². The Bertz CT molecular complexity index is 1040. The van der Waals surface area contributed by atoms with Crippen molar-refractivity contribution in [1.82, 2.24) is 10.6 Å². The fraction of sp³-hybridized carbons (Fsp3) is 0.533. The third kappa shape index (κ3) is 5.80. The first-order chi connectivity index (χ1) is 17.2. The summed E-state index contributed by atoms with van der Waals surface area (Å²) in [4.78, 5) is 25.7. The van der Waals surface area contributed by atoms with Crippen molar-refractivity contribution >= 4 is 11.8 Å². The monoisotopic (exact) mass is 494 g/mol. The summed E-state index contributed by atoms with van der Waals surface area (Å²) in [5.41, 5.74) is 1.82. The molecule has 0 spiro atoms. The third-order valence-electron chi connectivity index (χ3n) is 8.88. The van der Waals surface area contributed by atoms with Crippen LogP contribution in [0.5, 0.6) is 0 Å². The first-order valence-corrected chi connectivity index (χ1v) is 13.2. The van der Waals surface area contributed by atoms with E-state index in [1.165, 1.54) is 12.1 Å². The molecule has 5 nitrogen and oxygen atoms in total. The van der Waals surface area contributed by atoms with Crippen LogP contribution in [0, 0.1) is 34.9 Å². The van der Waals surface area contributed by atoms with Gasteiger partial charge >= 0.3 is 0 Å². The number of aliphatic hydroxyl groups excluding tert-OH is 1. The van der Waals surface area contributed by atoms with Gasteiger partial charge in [-0.1, -0.05) is 63.2 Å². The minimum Gasteiger partial charge on any atom is -0.392 e. The van der Waals surface area contributed by atoms with Gasteiger partial charge in [0.15, 0.2) is 0 Å². The molecule has 36 heavy (non-hydrogen) atoms. The molecule has 2 amide bonds. The minimum absolute atomic E-state index is 0.000296. The highest BCUT2D eigenvalue weighted by molar-refractivity contribution is 5.79. The number of carbonyl (C=O) groups excluding carboxylic acids is 2. The number of nitrogens with one attached hydrogen (secondary N) is 2. The number of hydrogen-bond acceptors (Lipinski definition) is 3.